The monoisotopic (exact) mass is 361 g/mol. The Balaban J connectivity index is 1.39. The number of benzene rings is 2. The first-order valence-electron chi connectivity index (χ1n) is 9.21. The minimum Gasteiger partial charge on any atom is -0.361 e. The Morgan fingerprint density at radius 1 is 1.15 bits per heavy atom. The molecule has 2 N–H and O–H groups in total. The molecule has 1 heterocycles. The van der Waals surface area contributed by atoms with Gasteiger partial charge in [-0.05, 0) is 54.7 Å². The van der Waals surface area contributed by atoms with Crippen LogP contribution >= 0.6 is 0 Å². The van der Waals surface area contributed by atoms with Gasteiger partial charge in [0, 0.05) is 23.7 Å². The Labute approximate surface area is 158 Å². The number of carbonyl (C=O) groups is 1. The SMILES string of the molecule is Cc1noc(C)c1C(C)CNC(=O)Nc1ccc2c(c1)Cc1ccccc1-2. The molecule has 1 aliphatic rings. The van der Waals surface area contributed by atoms with Crippen molar-refractivity contribution in [1.29, 1.82) is 0 Å². The lowest BCUT2D eigenvalue weighted by Crippen LogP contribution is -2.32. The van der Waals surface area contributed by atoms with Crippen LogP contribution in [0.1, 0.15) is 41.0 Å². The molecule has 2 amide bonds. The number of hydrogen-bond donors (Lipinski definition) is 2. The van der Waals surface area contributed by atoms with E-state index in [4.69, 9.17) is 4.52 Å². The lowest BCUT2D eigenvalue weighted by atomic mass is 10.00. The van der Waals surface area contributed by atoms with E-state index in [-0.39, 0.29) is 11.9 Å². The average molecular weight is 361 g/mol. The van der Waals surface area contributed by atoms with Gasteiger partial charge in [0.25, 0.3) is 0 Å². The van der Waals surface area contributed by atoms with Crippen molar-refractivity contribution in [2.75, 3.05) is 11.9 Å². The maximum atomic E-state index is 12.3. The van der Waals surface area contributed by atoms with Gasteiger partial charge in [-0.2, -0.15) is 0 Å². The largest absolute Gasteiger partial charge is 0.361 e. The molecule has 1 atom stereocenters. The smallest absolute Gasteiger partial charge is 0.319 e. The predicted octanol–water partition coefficient (Wildman–Crippen LogP) is 4.79. The van der Waals surface area contributed by atoms with Crippen LogP contribution in [0.4, 0.5) is 10.5 Å². The van der Waals surface area contributed by atoms with Crippen LogP contribution in [-0.2, 0) is 6.42 Å². The van der Waals surface area contributed by atoms with E-state index in [9.17, 15) is 4.79 Å². The van der Waals surface area contributed by atoms with Gasteiger partial charge in [-0.25, -0.2) is 4.79 Å². The van der Waals surface area contributed by atoms with Gasteiger partial charge in [0.1, 0.15) is 5.76 Å². The van der Waals surface area contributed by atoms with Gasteiger partial charge in [0.05, 0.1) is 5.69 Å². The van der Waals surface area contributed by atoms with Crippen molar-refractivity contribution >= 4 is 11.7 Å². The highest BCUT2D eigenvalue weighted by Gasteiger charge is 2.19. The Morgan fingerprint density at radius 3 is 2.70 bits per heavy atom. The first-order chi connectivity index (χ1) is 13.0. The van der Waals surface area contributed by atoms with Crippen molar-refractivity contribution in [1.82, 2.24) is 10.5 Å². The van der Waals surface area contributed by atoms with E-state index in [0.717, 1.165) is 29.1 Å². The minimum atomic E-state index is -0.205. The number of hydrogen-bond acceptors (Lipinski definition) is 3. The second kappa shape index (κ2) is 6.91. The molecule has 0 spiro atoms. The van der Waals surface area contributed by atoms with Crippen molar-refractivity contribution < 1.29 is 9.32 Å². The van der Waals surface area contributed by atoms with Gasteiger partial charge in [0.2, 0.25) is 0 Å². The Kier molecular flexibility index (Phi) is 4.44. The van der Waals surface area contributed by atoms with E-state index in [1.54, 1.807) is 0 Å². The predicted molar refractivity (Wildman–Crippen MR) is 106 cm³/mol. The fourth-order valence-corrected chi connectivity index (χ4v) is 3.94. The molecule has 1 unspecified atom stereocenters. The molecule has 27 heavy (non-hydrogen) atoms. The van der Waals surface area contributed by atoms with Crippen molar-refractivity contribution in [3.63, 3.8) is 0 Å². The highest BCUT2D eigenvalue weighted by molar-refractivity contribution is 5.90. The van der Waals surface area contributed by atoms with Crippen molar-refractivity contribution in [2.24, 2.45) is 0 Å². The summed E-state index contributed by atoms with van der Waals surface area (Å²) in [7, 11) is 0. The summed E-state index contributed by atoms with van der Waals surface area (Å²) in [5.74, 6) is 0.942. The second-order valence-electron chi connectivity index (χ2n) is 7.18. The quantitative estimate of drug-likeness (QED) is 0.549. The number of aromatic nitrogens is 1. The van der Waals surface area contributed by atoms with E-state index in [0.29, 0.717) is 6.54 Å². The van der Waals surface area contributed by atoms with Gasteiger partial charge in [-0.15, -0.1) is 0 Å². The highest BCUT2D eigenvalue weighted by Crippen LogP contribution is 2.37. The summed E-state index contributed by atoms with van der Waals surface area (Å²) in [6, 6.07) is 14.3. The zero-order valence-corrected chi connectivity index (χ0v) is 15.8. The lowest BCUT2D eigenvalue weighted by molar-refractivity contribution is 0.251. The zero-order valence-electron chi connectivity index (χ0n) is 15.8. The summed E-state index contributed by atoms with van der Waals surface area (Å²) in [6.07, 6.45) is 0.908. The molecule has 0 aliphatic heterocycles. The number of urea groups is 1. The number of rotatable bonds is 4. The Morgan fingerprint density at radius 2 is 1.93 bits per heavy atom. The Hall–Kier alpha value is -3.08. The standard InChI is InChI=1S/C22H23N3O2/c1-13(21-14(2)25-27-15(21)3)12-23-22(26)24-18-8-9-20-17(11-18)10-16-6-4-5-7-19(16)20/h4-9,11,13H,10,12H2,1-3H3,(H2,23,24,26). The summed E-state index contributed by atoms with van der Waals surface area (Å²) in [5, 5.41) is 9.86. The summed E-state index contributed by atoms with van der Waals surface area (Å²) in [5.41, 5.74) is 7.87. The van der Waals surface area contributed by atoms with Gasteiger partial charge >= 0.3 is 6.03 Å². The van der Waals surface area contributed by atoms with Crippen LogP contribution in [0.3, 0.4) is 0 Å². The van der Waals surface area contributed by atoms with Crippen molar-refractivity contribution in [3.05, 3.63) is 70.6 Å². The molecular formula is C22H23N3O2. The molecule has 0 saturated carbocycles. The molecule has 1 aliphatic carbocycles. The maximum absolute atomic E-state index is 12.3. The minimum absolute atomic E-state index is 0.136. The summed E-state index contributed by atoms with van der Waals surface area (Å²) in [4.78, 5) is 12.3. The third-order valence-corrected chi connectivity index (χ3v) is 5.20. The van der Waals surface area contributed by atoms with Crippen LogP contribution in [0.25, 0.3) is 11.1 Å². The number of anilines is 1. The van der Waals surface area contributed by atoms with E-state index < -0.39 is 0 Å². The number of amides is 2. The molecule has 0 radical (unpaired) electrons. The first-order valence-corrected chi connectivity index (χ1v) is 9.21. The summed E-state index contributed by atoms with van der Waals surface area (Å²) < 4.78 is 5.21. The lowest BCUT2D eigenvalue weighted by Gasteiger charge is -2.14. The maximum Gasteiger partial charge on any atom is 0.319 e. The van der Waals surface area contributed by atoms with E-state index in [2.05, 4.69) is 59.1 Å². The molecule has 5 heteroatoms. The van der Waals surface area contributed by atoms with Crippen LogP contribution in [0, 0.1) is 13.8 Å². The van der Waals surface area contributed by atoms with Crippen LogP contribution in [-0.4, -0.2) is 17.7 Å². The van der Waals surface area contributed by atoms with Crippen LogP contribution in [0.2, 0.25) is 0 Å². The number of aryl methyl sites for hydroxylation is 2. The average Bonchev–Trinajstić information content (AvgIpc) is 3.19. The van der Waals surface area contributed by atoms with Gasteiger partial charge in [-0.3, -0.25) is 0 Å². The molecule has 138 valence electrons. The van der Waals surface area contributed by atoms with Crippen LogP contribution in [0.15, 0.2) is 47.0 Å². The van der Waals surface area contributed by atoms with Crippen LogP contribution < -0.4 is 10.6 Å². The zero-order chi connectivity index (χ0) is 19.0. The first kappa shape index (κ1) is 17.3. The fourth-order valence-electron chi connectivity index (χ4n) is 3.94. The summed E-state index contributed by atoms with van der Waals surface area (Å²) >= 11 is 0. The highest BCUT2D eigenvalue weighted by atomic mass is 16.5. The Bertz CT molecular complexity index is 987. The molecule has 0 bridgehead atoms. The van der Waals surface area contributed by atoms with E-state index >= 15 is 0 Å². The number of nitrogens with zero attached hydrogens (tertiary/aromatic N) is 1. The fraction of sp³-hybridized carbons (Fsp3) is 0.273. The third-order valence-electron chi connectivity index (χ3n) is 5.20. The van der Waals surface area contributed by atoms with Gasteiger partial charge in [0.15, 0.2) is 0 Å². The number of carbonyl (C=O) groups excluding carboxylic acids is 1. The molecular weight excluding hydrogens is 338 g/mol. The van der Waals surface area contributed by atoms with Gasteiger partial charge in [-0.1, -0.05) is 42.4 Å². The normalized spacial score (nSPS) is 13.0. The molecule has 2 aromatic carbocycles. The molecule has 3 aromatic rings. The van der Waals surface area contributed by atoms with E-state index in [1.165, 1.54) is 22.3 Å². The molecule has 4 rings (SSSR count). The molecule has 0 saturated heterocycles. The van der Waals surface area contributed by atoms with Crippen molar-refractivity contribution in [3.8, 4) is 11.1 Å². The topological polar surface area (TPSA) is 67.2 Å². The van der Waals surface area contributed by atoms with Crippen LogP contribution in [0.5, 0.6) is 0 Å². The van der Waals surface area contributed by atoms with Crippen molar-refractivity contribution in [2.45, 2.75) is 33.1 Å². The molecule has 1 aromatic heterocycles. The number of nitrogens with one attached hydrogen (secondary N) is 2. The van der Waals surface area contributed by atoms with E-state index in [1.807, 2.05) is 19.9 Å². The second-order valence-corrected chi connectivity index (χ2v) is 7.18. The van der Waals surface area contributed by atoms with Gasteiger partial charge < -0.3 is 15.2 Å². The number of fused-ring (bicyclic) bond motifs is 3. The third kappa shape index (κ3) is 3.33. The molecule has 5 nitrogen and oxygen atoms in total. The summed E-state index contributed by atoms with van der Waals surface area (Å²) in [6.45, 7) is 6.39. The molecule has 0 fully saturated rings.